The molecule has 0 aliphatic heterocycles. The van der Waals surface area contributed by atoms with Gasteiger partial charge in [-0.15, -0.1) is 11.3 Å². The zero-order valence-corrected chi connectivity index (χ0v) is 13.4. The van der Waals surface area contributed by atoms with Gasteiger partial charge in [0.15, 0.2) is 0 Å². The summed E-state index contributed by atoms with van der Waals surface area (Å²) in [6.07, 6.45) is 1.77. The zero-order valence-electron chi connectivity index (χ0n) is 11.1. The third-order valence-corrected chi connectivity index (χ3v) is 4.15. The minimum Gasteiger partial charge on any atom is -0.383 e. The predicted octanol–water partition coefficient (Wildman–Crippen LogP) is 4.84. The maximum absolute atomic E-state index is 12.6. The average Bonchev–Trinajstić information content (AvgIpc) is 2.82. The van der Waals surface area contributed by atoms with Gasteiger partial charge in [-0.3, -0.25) is 4.79 Å². The van der Waals surface area contributed by atoms with Crippen LogP contribution >= 0.6 is 34.5 Å². The van der Waals surface area contributed by atoms with Gasteiger partial charge in [0.1, 0.15) is 0 Å². The maximum Gasteiger partial charge on any atom is 0.205 e. The Balaban J connectivity index is 2.50. The number of nitrogens with zero attached hydrogens (tertiary/aromatic N) is 1. The molecule has 0 unspecified atom stereocenters. The molecule has 0 aliphatic rings. The minimum absolute atomic E-state index is 0.0799. The normalized spacial score (nSPS) is 11.5. The van der Waals surface area contributed by atoms with Crippen LogP contribution in [-0.2, 0) is 0 Å². The molecule has 0 radical (unpaired) electrons. The fourth-order valence-corrected chi connectivity index (χ4v) is 2.99. The van der Waals surface area contributed by atoms with Crippen molar-refractivity contribution in [3.05, 3.63) is 62.4 Å². The first kappa shape index (κ1) is 15.1. The van der Waals surface area contributed by atoms with Crippen molar-refractivity contribution in [1.29, 1.82) is 0 Å². The number of benzene rings is 1. The summed E-state index contributed by atoms with van der Waals surface area (Å²) in [5.41, 5.74) is 1.27. The SMILES string of the molecule is CN(C)/C=C(/C(=O)c1ccc(Cl)s1)c1ccccc1Cl. The lowest BCUT2D eigenvalue weighted by Crippen LogP contribution is -2.08. The van der Waals surface area contributed by atoms with Crippen LogP contribution < -0.4 is 0 Å². The van der Waals surface area contributed by atoms with E-state index in [1.165, 1.54) is 11.3 Å². The van der Waals surface area contributed by atoms with E-state index in [4.69, 9.17) is 23.2 Å². The molecule has 2 aromatic rings. The topological polar surface area (TPSA) is 20.3 Å². The third kappa shape index (κ3) is 3.42. The fourth-order valence-electron chi connectivity index (χ4n) is 1.76. The van der Waals surface area contributed by atoms with Crippen molar-refractivity contribution in [3.8, 4) is 0 Å². The lowest BCUT2D eigenvalue weighted by atomic mass is 10.0. The van der Waals surface area contributed by atoms with Crippen LogP contribution in [-0.4, -0.2) is 24.8 Å². The number of rotatable bonds is 4. The Morgan fingerprint density at radius 2 is 1.85 bits per heavy atom. The summed E-state index contributed by atoms with van der Waals surface area (Å²) in [6.45, 7) is 0. The lowest BCUT2D eigenvalue weighted by Gasteiger charge is -2.12. The van der Waals surface area contributed by atoms with E-state index in [1.54, 1.807) is 24.4 Å². The van der Waals surface area contributed by atoms with Crippen LogP contribution in [0.3, 0.4) is 0 Å². The van der Waals surface area contributed by atoms with Gasteiger partial charge in [-0.1, -0.05) is 41.4 Å². The molecule has 0 aliphatic carbocycles. The first-order chi connectivity index (χ1) is 9.49. The van der Waals surface area contributed by atoms with Crippen molar-refractivity contribution in [2.24, 2.45) is 0 Å². The van der Waals surface area contributed by atoms with Gasteiger partial charge in [0.2, 0.25) is 5.78 Å². The van der Waals surface area contributed by atoms with Crippen molar-refractivity contribution in [3.63, 3.8) is 0 Å². The molecule has 0 N–H and O–H groups in total. The van der Waals surface area contributed by atoms with Crippen LogP contribution in [0.15, 0.2) is 42.6 Å². The van der Waals surface area contributed by atoms with Crippen molar-refractivity contribution >= 4 is 45.9 Å². The first-order valence-electron chi connectivity index (χ1n) is 5.92. The summed E-state index contributed by atoms with van der Waals surface area (Å²) in [6, 6.07) is 10.8. The van der Waals surface area contributed by atoms with Crippen LogP contribution in [0.5, 0.6) is 0 Å². The fraction of sp³-hybridized carbons (Fsp3) is 0.133. The third-order valence-electron chi connectivity index (χ3n) is 2.59. The second-order valence-electron chi connectivity index (χ2n) is 4.42. The van der Waals surface area contributed by atoms with Gasteiger partial charge in [0.25, 0.3) is 0 Å². The molecule has 0 amide bonds. The summed E-state index contributed by atoms with van der Waals surface area (Å²) < 4.78 is 0.594. The highest BCUT2D eigenvalue weighted by molar-refractivity contribution is 7.18. The number of carbonyl (C=O) groups excluding carboxylic acids is 1. The Kier molecular flexibility index (Phi) is 4.86. The van der Waals surface area contributed by atoms with Crippen LogP contribution in [0, 0.1) is 0 Å². The van der Waals surface area contributed by atoms with Crippen molar-refractivity contribution in [2.45, 2.75) is 0 Å². The lowest BCUT2D eigenvalue weighted by molar-refractivity contribution is 0.105. The van der Waals surface area contributed by atoms with Gasteiger partial charge in [0, 0.05) is 36.5 Å². The highest BCUT2D eigenvalue weighted by Crippen LogP contribution is 2.30. The summed E-state index contributed by atoms with van der Waals surface area (Å²) in [5.74, 6) is -0.0799. The molecule has 2 nitrogen and oxygen atoms in total. The van der Waals surface area contributed by atoms with Crippen molar-refractivity contribution in [1.82, 2.24) is 4.90 Å². The first-order valence-corrected chi connectivity index (χ1v) is 7.49. The predicted molar refractivity (Wildman–Crippen MR) is 86.8 cm³/mol. The number of thiophene rings is 1. The molecule has 0 fully saturated rings. The second kappa shape index (κ2) is 6.44. The molecule has 5 heteroatoms. The number of ketones is 1. The Labute approximate surface area is 132 Å². The number of carbonyl (C=O) groups is 1. The Morgan fingerprint density at radius 1 is 1.15 bits per heavy atom. The van der Waals surface area contributed by atoms with Crippen LogP contribution in [0.1, 0.15) is 15.2 Å². The van der Waals surface area contributed by atoms with E-state index in [2.05, 4.69) is 0 Å². The maximum atomic E-state index is 12.6. The molecular weight excluding hydrogens is 313 g/mol. The standard InChI is InChI=1S/C15H13Cl2NOS/c1-18(2)9-11(10-5-3-4-6-12(10)16)15(19)13-7-8-14(17)20-13/h3-9H,1-2H3/b11-9+. The Morgan fingerprint density at radius 3 is 2.40 bits per heavy atom. The molecular formula is C15H13Cl2NOS. The summed E-state index contributed by atoms with van der Waals surface area (Å²) in [5, 5.41) is 0.552. The van der Waals surface area contributed by atoms with E-state index in [-0.39, 0.29) is 5.78 Å². The van der Waals surface area contributed by atoms with Gasteiger partial charge >= 0.3 is 0 Å². The van der Waals surface area contributed by atoms with Gasteiger partial charge in [0.05, 0.1) is 9.21 Å². The quantitative estimate of drug-likeness (QED) is 0.592. The molecule has 0 saturated heterocycles. The second-order valence-corrected chi connectivity index (χ2v) is 6.54. The summed E-state index contributed by atoms with van der Waals surface area (Å²) >= 11 is 13.4. The number of halogens is 2. The molecule has 2 rings (SSSR count). The minimum atomic E-state index is -0.0799. The smallest absolute Gasteiger partial charge is 0.205 e. The van der Waals surface area contributed by atoms with Gasteiger partial charge in [-0.05, 0) is 18.2 Å². The molecule has 1 aromatic heterocycles. The van der Waals surface area contributed by atoms with Gasteiger partial charge < -0.3 is 4.90 Å². The number of Topliss-reactive ketones (excluding diaryl/α,β-unsaturated/α-hetero) is 1. The van der Waals surface area contributed by atoms with E-state index >= 15 is 0 Å². The number of hydrogen-bond acceptors (Lipinski definition) is 3. The zero-order chi connectivity index (χ0) is 14.7. The highest BCUT2D eigenvalue weighted by Gasteiger charge is 2.18. The highest BCUT2D eigenvalue weighted by atomic mass is 35.5. The van der Waals surface area contributed by atoms with E-state index < -0.39 is 0 Å². The Bertz CT molecular complexity index is 661. The number of allylic oxidation sites excluding steroid dienone is 1. The molecule has 0 spiro atoms. The van der Waals surface area contributed by atoms with Crippen molar-refractivity contribution < 1.29 is 4.79 Å². The average molecular weight is 326 g/mol. The van der Waals surface area contributed by atoms with E-state index in [0.717, 1.165) is 5.56 Å². The largest absolute Gasteiger partial charge is 0.383 e. The van der Waals surface area contributed by atoms with Crippen LogP contribution in [0.4, 0.5) is 0 Å². The molecule has 0 saturated carbocycles. The molecule has 1 aromatic carbocycles. The molecule has 0 bridgehead atoms. The van der Waals surface area contributed by atoms with Gasteiger partial charge in [-0.2, -0.15) is 0 Å². The van der Waals surface area contributed by atoms with E-state index in [9.17, 15) is 4.79 Å². The van der Waals surface area contributed by atoms with Crippen LogP contribution in [0.25, 0.3) is 5.57 Å². The monoisotopic (exact) mass is 325 g/mol. The Hall–Kier alpha value is -1.29. The van der Waals surface area contributed by atoms with E-state index in [0.29, 0.717) is 19.8 Å². The molecule has 0 atom stereocenters. The van der Waals surface area contributed by atoms with Crippen molar-refractivity contribution in [2.75, 3.05) is 14.1 Å². The number of hydrogen-bond donors (Lipinski definition) is 0. The molecule has 20 heavy (non-hydrogen) atoms. The molecule has 104 valence electrons. The van der Waals surface area contributed by atoms with E-state index in [1.807, 2.05) is 37.2 Å². The summed E-state index contributed by atoms with van der Waals surface area (Å²) in [7, 11) is 3.73. The van der Waals surface area contributed by atoms with Gasteiger partial charge in [-0.25, -0.2) is 0 Å². The molecule has 1 heterocycles. The summed E-state index contributed by atoms with van der Waals surface area (Å²) in [4.78, 5) is 15.1. The van der Waals surface area contributed by atoms with Crippen LogP contribution in [0.2, 0.25) is 9.36 Å².